The molecule has 0 spiro atoms. The van der Waals surface area contributed by atoms with Gasteiger partial charge in [0.05, 0.1) is 19.1 Å². The molecule has 4 rings (SSSR count). The largest absolute Gasteiger partial charge is 0.495 e. The summed E-state index contributed by atoms with van der Waals surface area (Å²) >= 11 is 6.21. The summed E-state index contributed by atoms with van der Waals surface area (Å²) in [5.74, 6) is -0.526. The molecule has 1 aliphatic rings. The highest BCUT2D eigenvalue weighted by Gasteiger charge is 2.34. The van der Waals surface area contributed by atoms with E-state index < -0.39 is 28.5 Å². The lowest BCUT2D eigenvalue weighted by Crippen LogP contribution is -2.54. The standard InChI is InChI=1S/C31H36ClN3O5S/c1-40-29-18-17-25(32)20-27(29)35(41(2,38)39)22-30(36)34(21-24-13-7-4-8-14-24)28(19-23-11-5-3-6-12-23)31(37)33-26-15-9-10-16-26/h3-8,11-14,17-18,20,26,28H,9-10,15-16,19,21-22H2,1-2H3,(H,33,37)/t28-/m0/s1. The number of carbonyl (C=O) groups excluding carboxylic acids is 2. The number of rotatable bonds is 12. The number of anilines is 1. The van der Waals surface area contributed by atoms with Gasteiger partial charge in [-0.1, -0.05) is 85.1 Å². The number of benzene rings is 3. The Bertz CT molecular complexity index is 1430. The molecule has 8 nitrogen and oxygen atoms in total. The molecule has 0 bridgehead atoms. The lowest BCUT2D eigenvalue weighted by molar-refractivity contribution is -0.140. The van der Waals surface area contributed by atoms with Crippen molar-refractivity contribution in [1.82, 2.24) is 10.2 Å². The van der Waals surface area contributed by atoms with Crippen molar-refractivity contribution in [3.8, 4) is 5.75 Å². The fourth-order valence-corrected chi connectivity index (χ4v) is 6.17. The van der Waals surface area contributed by atoms with E-state index in [0.29, 0.717) is 5.02 Å². The Balaban J connectivity index is 1.74. The molecule has 41 heavy (non-hydrogen) atoms. The summed E-state index contributed by atoms with van der Waals surface area (Å²) in [5, 5.41) is 3.45. The first-order valence-corrected chi connectivity index (χ1v) is 15.9. The molecule has 1 saturated carbocycles. The van der Waals surface area contributed by atoms with Gasteiger partial charge in [-0.3, -0.25) is 13.9 Å². The lowest BCUT2D eigenvalue weighted by Gasteiger charge is -2.34. The minimum Gasteiger partial charge on any atom is -0.495 e. The first kappa shape index (κ1) is 30.4. The summed E-state index contributed by atoms with van der Waals surface area (Å²) in [5.41, 5.74) is 1.85. The van der Waals surface area contributed by atoms with Gasteiger partial charge in [-0.2, -0.15) is 0 Å². The Hall–Kier alpha value is -3.56. The molecule has 3 aromatic carbocycles. The number of nitrogens with zero attached hydrogens (tertiary/aromatic N) is 2. The number of halogens is 1. The Labute approximate surface area is 247 Å². The van der Waals surface area contributed by atoms with Crippen molar-refractivity contribution in [3.63, 3.8) is 0 Å². The van der Waals surface area contributed by atoms with Crippen LogP contribution in [-0.4, -0.2) is 57.1 Å². The fraction of sp³-hybridized carbons (Fsp3) is 0.355. The molecule has 0 unspecified atom stereocenters. The third-order valence-electron chi connectivity index (χ3n) is 7.26. The molecule has 1 atom stereocenters. The first-order chi connectivity index (χ1) is 19.7. The highest BCUT2D eigenvalue weighted by Crippen LogP contribution is 2.33. The zero-order chi connectivity index (χ0) is 29.4. The van der Waals surface area contributed by atoms with Crippen LogP contribution < -0.4 is 14.4 Å². The summed E-state index contributed by atoms with van der Waals surface area (Å²) in [4.78, 5) is 29.6. The van der Waals surface area contributed by atoms with E-state index in [-0.39, 0.29) is 36.4 Å². The molecule has 2 amide bonds. The number of hydrogen-bond donors (Lipinski definition) is 1. The molecule has 0 aromatic heterocycles. The maximum absolute atomic E-state index is 14.2. The van der Waals surface area contributed by atoms with Gasteiger partial charge >= 0.3 is 0 Å². The maximum Gasteiger partial charge on any atom is 0.244 e. The van der Waals surface area contributed by atoms with Crippen LogP contribution in [0.25, 0.3) is 0 Å². The van der Waals surface area contributed by atoms with Crippen molar-refractivity contribution < 1.29 is 22.7 Å². The fourth-order valence-electron chi connectivity index (χ4n) is 5.15. The van der Waals surface area contributed by atoms with Crippen LogP contribution in [0.1, 0.15) is 36.8 Å². The van der Waals surface area contributed by atoms with Gasteiger partial charge < -0.3 is 15.0 Å². The Morgan fingerprint density at radius 1 is 0.976 bits per heavy atom. The van der Waals surface area contributed by atoms with Crippen LogP contribution in [0.5, 0.6) is 5.75 Å². The highest BCUT2D eigenvalue weighted by atomic mass is 35.5. The van der Waals surface area contributed by atoms with E-state index in [1.807, 2.05) is 60.7 Å². The highest BCUT2D eigenvalue weighted by molar-refractivity contribution is 7.92. The topological polar surface area (TPSA) is 96.0 Å². The average Bonchev–Trinajstić information content (AvgIpc) is 3.47. The number of carbonyl (C=O) groups is 2. The van der Waals surface area contributed by atoms with Gasteiger partial charge in [-0.25, -0.2) is 8.42 Å². The van der Waals surface area contributed by atoms with Crippen LogP contribution in [0, 0.1) is 0 Å². The molecule has 0 aliphatic heterocycles. The summed E-state index contributed by atoms with van der Waals surface area (Å²) < 4.78 is 32.4. The number of ether oxygens (including phenoxy) is 1. The van der Waals surface area contributed by atoms with E-state index in [1.165, 1.54) is 18.1 Å². The number of methoxy groups -OCH3 is 1. The smallest absolute Gasteiger partial charge is 0.244 e. The predicted octanol–water partition coefficient (Wildman–Crippen LogP) is 4.81. The second-order valence-corrected chi connectivity index (χ2v) is 12.6. The van der Waals surface area contributed by atoms with E-state index in [1.54, 1.807) is 12.1 Å². The van der Waals surface area contributed by atoms with E-state index in [2.05, 4.69) is 5.32 Å². The summed E-state index contributed by atoms with van der Waals surface area (Å²) in [6, 6.07) is 22.6. The lowest BCUT2D eigenvalue weighted by atomic mass is 10.0. The number of sulfonamides is 1. The molecule has 1 fully saturated rings. The Kier molecular flexibility index (Phi) is 10.3. The van der Waals surface area contributed by atoms with E-state index in [0.717, 1.165) is 47.4 Å². The van der Waals surface area contributed by atoms with Crippen molar-refractivity contribution in [2.24, 2.45) is 0 Å². The quantitative estimate of drug-likeness (QED) is 0.323. The summed E-state index contributed by atoms with van der Waals surface area (Å²) in [7, 11) is -2.53. The minimum absolute atomic E-state index is 0.0534. The third-order valence-corrected chi connectivity index (χ3v) is 8.62. The number of amides is 2. The molecule has 1 N–H and O–H groups in total. The molecule has 0 radical (unpaired) electrons. The Morgan fingerprint density at radius 2 is 1.59 bits per heavy atom. The second-order valence-electron chi connectivity index (χ2n) is 10.3. The summed E-state index contributed by atoms with van der Waals surface area (Å²) in [6.07, 6.45) is 5.19. The van der Waals surface area contributed by atoms with E-state index in [4.69, 9.17) is 16.3 Å². The van der Waals surface area contributed by atoms with Gasteiger partial charge in [0.2, 0.25) is 21.8 Å². The zero-order valence-corrected chi connectivity index (χ0v) is 24.9. The van der Waals surface area contributed by atoms with E-state index >= 15 is 0 Å². The Morgan fingerprint density at radius 3 is 2.17 bits per heavy atom. The van der Waals surface area contributed by atoms with Crippen molar-refractivity contribution in [3.05, 3.63) is 95.0 Å². The molecular formula is C31H36ClN3O5S. The molecule has 218 valence electrons. The van der Waals surface area contributed by atoms with Gasteiger partial charge in [0.25, 0.3) is 0 Å². The van der Waals surface area contributed by atoms with Crippen molar-refractivity contribution in [2.45, 2.75) is 50.7 Å². The van der Waals surface area contributed by atoms with Crippen LogP contribution >= 0.6 is 11.6 Å². The predicted molar refractivity (Wildman–Crippen MR) is 162 cm³/mol. The van der Waals surface area contributed by atoms with Crippen LogP contribution in [-0.2, 0) is 32.6 Å². The third kappa shape index (κ3) is 8.24. The van der Waals surface area contributed by atoms with Crippen molar-refractivity contribution in [1.29, 1.82) is 0 Å². The van der Waals surface area contributed by atoms with Gasteiger partial charge in [-0.15, -0.1) is 0 Å². The SMILES string of the molecule is COc1ccc(Cl)cc1N(CC(=O)N(Cc1ccccc1)[C@@H](Cc1ccccc1)C(=O)NC1CCCC1)S(C)(=O)=O. The normalized spacial score (nSPS) is 14.3. The zero-order valence-electron chi connectivity index (χ0n) is 23.3. The van der Waals surface area contributed by atoms with Gasteiger partial charge in [-0.05, 0) is 42.2 Å². The van der Waals surface area contributed by atoms with Crippen LogP contribution in [0.2, 0.25) is 5.02 Å². The van der Waals surface area contributed by atoms with E-state index in [9.17, 15) is 18.0 Å². The molecule has 0 heterocycles. The average molecular weight is 598 g/mol. The first-order valence-electron chi connectivity index (χ1n) is 13.6. The maximum atomic E-state index is 14.2. The molecule has 1 aliphatic carbocycles. The number of hydrogen-bond acceptors (Lipinski definition) is 5. The van der Waals surface area contributed by atoms with Gasteiger partial charge in [0.1, 0.15) is 18.3 Å². The molecule has 0 saturated heterocycles. The molecule has 10 heteroatoms. The molecular weight excluding hydrogens is 562 g/mol. The van der Waals surface area contributed by atoms with Crippen LogP contribution in [0.15, 0.2) is 78.9 Å². The monoisotopic (exact) mass is 597 g/mol. The van der Waals surface area contributed by atoms with Crippen molar-refractivity contribution in [2.75, 3.05) is 24.2 Å². The summed E-state index contributed by atoms with van der Waals surface area (Å²) in [6.45, 7) is -0.413. The minimum atomic E-state index is -3.95. The van der Waals surface area contributed by atoms with Crippen LogP contribution in [0.3, 0.4) is 0 Å². The van der Waals surface area contributed by atoms with Crippen molar-refractivity contribution >= 4 is 39.1 Å². The van der Waals surface area contributed by atoms with Gasteiger partial charge in [0.15, 0.2) is 0 Å². The van der Waals surface area contributed by atoms with Crippen LogP contribution in [0.4, 0.5) is 5.69 Å². The number of nitrogens with one attached hydrogen (secondary N) is 1. The van der Waals surface area contributed by atoms with Gasteiger partial charge in [0, 0.05) is 24.0 Å². The second kappa shape index (κ2) is 13.9. The molecule has 3 aromatic rings.